The Hall–Kier alpha value is -2.17. The van der Waals surface area contributed by atoms with Crippen LogP contribution in [0.5, 0.6) is 0 Å². The van der Waals surface area contributed by atoms with Gasteiger partial charge >= 0.3 is 0 Å². The van der Waals surface area contributed by atoms with E-state index in [-0.39, 0.29) is 5.82 Å². The molecule has 0 bridgehead atoms. The molecule has 4 nitrogen and oxygen atoms in total. The molecule has 0 aliphatic carbocycles. The molecule has 21 heavy (non-hydrogen) atoms. The molecule has 2 rings (SSSR count). The van der Waals surface area contributed by atoms with Gasteiger partial charge in [0.2, 0.25) is 0 Å². The molecular formula is C16H21FN4. The van der Waals surface area contributed by atoms with Crippen molar-refractivity contribution in [1.29, 1.82) is 0 Å². The molecule has 0 atom stereocenters. The first-order valence-corrected chi connectivity index (χ1v) is 7.35. The van der Waals surface area contributed by atoms with Crippen molar-refractivity contribution >= 4 is 17.3 Å². The lowest BCUT2D eigenvalue weighted by Gasteiger charge is -2.15. The first-order chi connectivity index (χ1) is 10.3. The summed E-state index contributed by atoms with van der Waals surface area (Å²) in [6.45, 7) is 5.06. The van der Waals surface area contributed by atoms with Crippen LogP contribution in [0.1, 0.15) is 32.3 Å². The lowest BCUT2D eigenvalue weighted by atomic mass is 10.1. The Bertz CT molecular complexity index is 586. The van der Waals surface area contributed by atoms with Crippen molar-refractivity contribution in [2.45, 2.75) is 33.1 Å². The van der Waals surface area contributed by atoms with Crippen molar-refractivity contribution < 1.29 is 4.39 Å². The average molecular weight is 288 g/mol. The Balaban J connectivity index is 2.31. The van der Waals surface area contributed by atoms with Crippen LogP contribution in [0.15, 0.2) is 30.6 Å². The quantitative estimate of drug-likeness (QED) is 0.804. The summed E-state index contributed by atoms with van der Waals surface area (Å²) >= 11 is 0. The number of hydrogen-bond acceptors (Lipinski definition) is 4. The number of rotatable bonds is 7. The van der Waals surface area contributed by atoms with Crippen molar-refractivity contribution in [3.05, 3.63) is 42.0 Å². The van der Waals surface area contributed by atoms with Gasteiger partial charge in [-0.25, -0.2) is 14.4 Å². The van der Waals surface area contributed by atoms with Crippen LogP contribution in [0.3, 0.4) is 0 Å². The second-order valence-electron chi connectivity index (χ2n) is 4.83. The minimum Gasteiger partial charge on any atom is -0.370 e. The summed E-state index contributed by atoms with van der Waals surface area (Å²) in [5.74, 6) is 1.20. The van der Waals surface area contributed by atoms with Crippen LogP contribution in [0, 0.1) is 5.82 Å². The Morgan fingerprint density at radius 1 is 1.05 bits per heavy atom. The molecule has 0 aliphatic heterocycles. The lowest BCUT2D eigenvalue weighted by Crippen LogP contribution is -2.09. The molecule has 0 spiro atoms. The Kier molecular flexibility index (Phi) is 5.49. The maximum absolute atomic E-state index is 13.8. The van der Waals surface area contributed by atoms with Gasteiger partial charge in [-0.1, -0.05) is 32.4 Å². The standard InChI is InChI=1S/C16H21FN4/c1-3-7-12-15(18-10-4-2)19-11-20-16(12)21-14-9-6-5-8-13(14)17/h5-6,8-9,11H,3-4,7,10H2,1-2H3,(H2,18,19,20,21). The van der Waals surface area contributed by atoms with Crippen LogP contribution in [0.25, 0.3) is 0 Å². The molecule has 1 aromatic carbocycles. The molecule has 1 aromatic heterocycles. The molecule has 0 radical (unpaired) electrons. The molecule has 0 unspecified atom stereocenters. The van der Waals surface area contributed by atoms with Crippen molar-refractivity contribution in [2.24, 2.45) is 0 Å². The number of para-hydroxylation sites is 1. The van der Waals surface area contributed by atoms with E-state index in [1.165, 1.54) is 12.4 Å². The normalized spacial score (nSPS) is 10.4. The maximum Gasteiger partial charge on any atom is 0.146 e. The summed E-state index contributed by atoms with van der Waals surface area (Å²) in [4.78, 5) is 8.58. The highest BCUT2D eigenvalue weighted by atomic mass is 19.1. The average Bonchev–Trinajstić information content (AvgIpc) is 2.50. The van der Waals surface area contributed by atoms with Crippen LogP contribution < -0.4 is 10.6 Å². The molecular weight excluding hydrogens is 267 g/mol. The van der Waals surface area contributed by atoms with E-state index < -0.39 is 0 Å². The summed E-state index contributed by atoms with van der Waals surface area (Å²) in [5.41, 5.74) is 1.42. The van der Waals surface area contributed by atoms with E-state index in [0.717, 1.165) is 37.2 Å². The molecule has 0 aliphatic rings. The third-order valence-corrected chi connectivity index (χ3v) is 3.11. The van der Waals surface area contributed by atoms with Crippen molar-refractivity contribution in [1.82, 2.24) is 9.97 Å². The van der Waals surface area contributed by atoms with Crippen LogP contribution in [0.4, 0.5) is 21.7 Å². The van der Waals surface area contributed by atoms with Crippen LogP contribution in [0.2, 0.25) is 0 Å². The Morgan fingerprint density at radius 2 is 1.81 bits per heavy atom. The topological polar surface area (TPSA) is 49.8 Å². The lowest BCUT2D eigenvalue weighted by molar-refractivity contribution is 0.631. The van der Waals surface area contributed by atoms with Gasteiger partial charge < -0.3 is 10.6 Å². The zero-order chi connectivity index (χ0) is 15.1. The van der Waals surface area contributed by atoms with Gasteiger partial charge in [-0.05, 0) is 25.0 Å². The van der Waals surface area contributed by atoms with E-state index in [4.69, 9.17) is 0 Å². The van der Waals surface area contributed by atoms with Crippen molar-refractivity contribution in [3.8, 4) is 0 Å². The van der Waals surface area contributed by atoms with Gasteiger partial charge in [-0.3, -0.25) is 0 Å². The molecule has 2 aromatic rings. The summed E-state index contributed by atoms with van der Waals surface area (Å²) in [5, 5.41) is 6.38. The summed E-state index contributed by atoms with van der Waals surface area (Å²) < 4.78 is 13.8. The Labute approximate surface area is 124 Å². The third kappa shape index (κ3) is 3.90. The smallest absolute Gasteiger partial charge is 0.146 e. The summed E-state index contributed by atoms with van der Waals surface area (Å²) in [6, 6.07) is 6.59. The number of aromatic nitrogens is 2. The van der Waals surface area contributed by atoms with Crippen LogP contribution in [-0.2, 0) is 6.42 Å². The molecule has 0 saturated carbocycles. The zero-order valence-corrected chi connectivity index (χ0v) is 12.5. The van der Waals surface area contributed by atoms with Gasteiger partial charge in [0.1, 0.15) is 23.8 Å². The monoisotopic (exact) mass is 288 g/mol. The van der Waals surface area contributed by atoms with Crippen molar-refractivity contribution in [3.63, 3.8) is 0 Å². The number of nitrogens with one attached hydrogen (secondary N) is 2. The predicted octanol–water partition coefficient (Wildman–Crippen LogP) is 4.13. The minimum absolute atomic E-state index is 0.290. The minimum atomic E-state index is -0.290. The first kappa shape index (κ1) is 15.2. The van der Waals surface area contributed by atoms with E-state index in [9.17, 15) is 4.39 Å². The summed E-state index contributed by atoms with van der Waals surface area (Å²) in [6.07, 6.45) is 4.33. The second kappa shape index (κ2) is 7.57. The molecule has 0 fully saturated rings. The van der Waals surface area contributed by atoms with Crippen LogP contribution >= 0.6 is 0 Å². The van der Waals surface area contributed by atoms with Gasteiger partial charge in [-0.15, -0.1) is 0 Å². The number of halogens is 1. The predicted molar refractivity (Wildman–Crippen MR) is 84.5 cm³/mol. The van der Waals surface area contributed by atoms with Gasteiger partial charge in [0.25, 0.3) is 0 Å². The van der Waals surface area contributed by atoms with E-state index in [0.29, 0.717) is 11.5 Å². The largest absolute Gasteiger partial charge is 0.370 e. The summed E-state index contributed by atoms with van der Waals surface area (Å²) in [7, 11) is 0. The van der Waals surface area contributed by atoms with E-state index >= 15 is 0 Å². The van der Waals surface area contributed by atoms with E-state index in [2.05, 4.69) is 34.4 Å². The molecule has 0 amide bonds. The highest BCUT2D eigenvalue weighted by molar-refractivity contribution is 5.65. The number of hydrogen-bond donors (Lipinski definition) is 2. The number of nitrogens with zero attached hydrogens (tertiary/aromatic N) is 2. The number of benzene rings is 1. The Morgan fingerprint density at radius 3 is 2.52 bits per heavy atom. The number of anilines is 3. The van der Waals surface area contributed by atoms with Crippen molar-refractivity contribution in [2.75, 3.05) is 17.2 Å². The van der Waals surface area contributed by atoms with Gasteiger partial charge in [0.05, 0.1) is 5.69 Å². The zero-order valence-electron chi connectivity index (χ0n) is 12.5. The molecule has 5 heteroatoms. The molecule has 2 N–H and O–H groups in total. The fourth-order valence-electron chi connectivity index (χ4n) is 2.09. The first-order valence-electron chi connectivity index (χ1n) is 7.35. The van der Waals surface area contributed by atoms with Gasteiger partial charge in [0.15, 0.2) is 0 Å². The van der Waals surface area contributed by atoms with Gasteiger partial charge in [-0.2, -0.15) is 0 Å². The van der Waals surface area contributed by atoms with Crippen LogP contribution in [-0.4, -0.2) is 16.5 Å². The third-order valence-electron chi connectivity index (χ3n) is 3.11. The highest BCUT2D eigenvalue weighted by Crippen LogP contribution is 2.26. The molecule has 112 valence electrons. The molecule has 1 heterocycles. The molecule has 0 saturated heterocycles. The van der Waals surface area contributed by atoms with E-state index in [1.807, 2.05) is 0 Å². The van der Waals surface area contributed by atoms with E-state index in [1.54, 1.807) is 18.2 Å². The second-order valence-corrected chi connectivity index (χ2v) is 4.83. The fourth-order valence-corrected chi connectivity index (χ4v) is 2.09. The highest BCUT2D eigenvalue weighted by Gasteiger charge is 2.12. The van der Waals surface area contributed by atoms with Gasteiger partial charge in [0, 0.05) is 12.1 Å². The SMILES string of the molecule is CCCNc1ncnc(Nc2ccccc2F)c1CCC. The fraction of sp³-hybridized carbons (Fsp3) is 0.375. The maximum atomic E-state index is 13.8.